The maximum atomic E-state index is 4.87. The maximum Gasteiger partial charge on any atom is 0.160 e. The average Bonchev–Trinajstić information content (AvgIpc) is 3.38. The van der Waals surface area contributed by atoms with Gasteiger partial charge in [-0.15, -0.1) is 12.4 Å². The summed E-state index contributed by atoms with van der Waals surface area (Å²) in [6.45, 7) is 2.22. The second kappa shape index (κ2) is 7.88. The molecular formula is C21H19ClN6. The van der Waals surface area contributed by atoms with Gasteiger partial charge in [-0.25, -0.2) is 9.97 Å². The Labute approximate surface area is 169 Å². The Bertz CT molecular complexity index is 1080. The van der Waals surface area contributed by atoms with E-state index in [9.17, 15) is 0 Å². The third kappa shape index (κ3) is 3.52. The van der Waals surface area contributed by atoms with E-state index in [0.29, 0.717) is 6.54 Å². The molecule has 7 heteroatoms. The Kier molecular flexibility index (Phi) is 5.14. The minimum Gasteiger partial charge on any atom is -0.307 e. The smallest absolute Gasteiger partial charge is 0.160 e. The van der Waals surface area contributed by atoms with E-state index in [1.165, 1.54) is 0 Å². The van der Waals surface area contributed by atoms with Crippen molar-refractivity contribution in [3.05, 3.63) is 83.9 Å². The van der Waals surface area contributed by atoms with Gasteiger partial charge in [0, 0.05) is 42.8 Å². The lowest BCUT2D eigenvalue weighted by molar-refractivity contribution is 0.686. The molecule has 0 saturated heterocycles. The lowest BCUT2D eigenvalue weighted by Gasteiger charge is -2.08. The number of halogens is 1. The van der Waals surface area contributed by atoms with Crippen LogP contribution in [0.25, 0.3) is 22.8 Å². The van der Waals surface area contributed by atoms with Crippen molar-refractivity contribution in [2.75, 3.05) is 0 Å². The first kappa shape index (κ1) is 18.3. The van der Waals surface area contributed by atoms with Crippen LogP contribution in [0.4, 0.5) is 0 Å². The zero-order valence-corrected chi connectivity index (χ0v) is 15.9. The van der Waals surface area contributed by atoms with Crippen LogP contribution in [0.2, 0.25) is 0 Å². The summed E-state index contributed by atoms with van der Waals surface area (Å²) in [4.78, 5) is 13.8. The van der Waals surface area contributed by atoms with Crippen LogP contribution in [0, 0.1) is 0 Å². The Morgan fingerprint density at radius 1 is 0.964 bits per heavy atom. The molecule has 0 unspecified atom stereocenters. The largest absolute Gasteiger partial charge is 0.307 e. The molecule has 1 N–H and O–H groups in total. The molecule has 0 saturated carbocycles. The van der Waals surface area contributed by atoms with Gasteiger partial charge in [0.1, 0.15) is 5.69 Å². The number of fused-ring (bicyclic) bond motifs is 1. The van der Waals surface area contributed by atoms with Gasteiger partial charge >= 0.3 is 0 Å². The van der Waals surface area contributed by atoms with Crippen LogP contribution in [-0.2, 0) is 19.6 Å². The molecule has 0 spiro atoms. The van der Waals surface area contributed by atoms with Crippen LogP contribution < -0.4 is 5.32 Å². The van der Waals surface area contributed by atoms with E-state index in [0.717, 1.165) is 52.7 Å². The summed E-state index contributed by atoms with van der Waals surface area (Å²) in [6, 6.07) is 16.1. The summed E-state index contributed by atoms with van der Waals surface area (Å²) in [7, 11) is 0. The quantitative estimate of drug-likeness (QED) is 0.577. The highest BCUT2D eigenvalue weighted by Gasteiger charge is 2.21. The molecule has 1 aliphatic heterocycles. The highest BCUT2D eigenvalue weighted by Crippen LogP contribution is 2.28. The third-order valence-electron chi connectivity index (χ3n) is 4.67. The molecule has 0 aliphatic carbocycles. The number of aromatic nitrogens is 5. The van der Waals surface area contributed by atoms with Gasteiger partial charge in [-0.05, 0) is 17.7 Å². The molecule has 0 amide bonds. The van der Waals surface area contributed by atoms with Gasteiger partial charge in [0.25, 0.3) is 0 Å². The molecule has 28 heavy (non-hydrogen) atoms. The molecule has 4 aromatic rings. The summed E-state index contributed by atoms with van der Waals surface area (Å²) in [5.41, 5.74) is 6.11. The van der Waals surface area contributed by atoms with Crippen molar-refractivity contribution in [2.24, 2.45) is 0 Å². The SMILES string of the molecule is Cl.c1ccc(-c2nc3c(c(-c4ccn(Cc5cccnc5)n4)n2)CNC3)cc1. The normalized spacial score (nSPS) is 12.4. The van der Waals surface area contributed by atoms with E-state index in [-0.39, 0.29) is 12.4 Å². The molecule has 1 aliphatic rings. The first-order valence-electron chi connectivity index (χ1n) is 8.95. The summed E-state index contributed by atoms with van der Waals surface area (Å²) in [6.07, 6.45) is 5.63. The lowest BCUT2D eigenvalue weighted by atomic mass is 10.1. The molecule has 5 rings (SSSR count). The molecule has 0 atom stereocenters. The molecule has 6 nitrogen and oxygen atoms in total. The van der Waals surface area contributed by atoms with Crippen molar-refractivity contribution in [1.82, 2.24) is 30.0 Å². The van der Waals surface area contributed by atoms with E-state index < -0.39 is 0 Å². The molecule has 1 aromatic carbocycles. The van der Waals surface area contributed by atoms with Gasteiger partial charge in [0.2, 0.25) is 0 Å². The van der Waals surface area contributed by atoms with Crippen LogP contribution in [0.15, 0.2) is 67.1 Å². The molecular weight excluding hydrogens is 372 g/mol. The second-order valence-electron chi connectivity index (χ2n) is 6.55. The van der Waals surface area contributed by atoms with Gasteiger partial charge in [0.15, 0.2) is 5.82 Å². The Hall–Kier alpha value is -3.09. The number of hydrogen-bond donors (Lipinski definition) is 1. The number of benzene rings is 1. The van der Waals surface area contributed by atoms with Crippen molar-refractivity contribution in [1.29, 1.82) is 0 Å². The molecule has 0 bridgehead atoms. The van der Waals surface area contributed by atoms with Crippen molar-refractivity contribution >= 4 is 12.4 Å². The van der Waals surface area contributed by atoms with Crippen molar-refractivity contribution in [2.45, 2.75) is 19.6 Å². The standard InChI is InChI=1S/C21H18N6.ClH/c1-2-6-16(7-3-1)21-24-19-13-23-12-17(19)20(25-21)18-8-10-27(26-18)14-15-5-4-9-22-11-15;/h1-11,23H,12-14H2;1H. The van der Waals surface area contributed by atoms with E-state index >= 15 is 0 Å². The topological polar surface area (TPSA) is 68.5 Å². The van der Waals surface area contributed by atoms with Gasteiger partial charge < -0.3 is 5.32 Å². The van der Waals surface area contributed by atoms with Crippen molar-refractivity contribution in [3.63, 3.8) is 0 Å². The minimum atomic E-state index is 0. The van der Waals surface area contributed by atoms with Crippen LogP contribution in [0.1, 0.15) is 16.8 Å². The molecule has 4 heterocycles. The Morgan fingerprint density at radius 2 is 1.86 bits per heavy atom. The van der Waals surface area contributed by atoms with Crippen molar-refractivity contribution in [3.8, 4) is 22.8 Å². The number of pyridine rings is 1. The predicted octanol–water partition coefficient (Wildman–Crippen LogP) is 3.48. The number of rotatable bonds is 4. The van der Waals surface area contributed by atoms with E-state index in [4.69, 9.17) is 15.1 Å². The van der Waals surface area contributed by atoms with E-state index in [2.05, 4.69) is 10.3 Å². The van der Waals surface area contributed by atoms with Gasteiger partial charge in [0.05, 0.1) is 17.9 Å². The fourth-order valence-electron chi connectivity index (χ4n) is 3.35. The molecule has 0 fully saturated rings. The minimum absolute atomic E-state index is 0. The summed E-state index contributed by atoms with van der Waals surface area (Å²) in [5.74, 6) is 0.745. The third-order valence-corrected chi connectivity index (χ3v) is 4.67. The highest BCUT2D eigenvalue weighted by atomic mass is 35.5. The van der Waals surface area contributed by atoms with E-state index in [1.54, 1.807) is 6.20 Å². The second-order valence-corrected chi connectivity index (χ2v) is 6.55. The first-order valence-corrected chi connectivity index (χ1v) is 8.95. The lowest BCUT2D eigenvalue weighted by Crippen LogP contribution is -2.03. The fraction of sp³-hybridized carbons (Fsp3) is 0.143. The number of nitrogens with one attached hydrogen (secondary N) is 1. The summed E-state index contributed by atoms with van der Waals surface area (Å²) < 4.78 is 1.92. The zero-order chi connectivity index (χ0) is 18.1. The molecule has 0 radical (unpaired) electrons. The maximum absolute atomic E-state index is 4.87. The van der Waals surface area contributed by atoms with Crippen LogP contribution in [-0.4, -0.2) is 24.7 Å². The highest BCUT2D eigenvalue weighted by molar-refractivity contribution is 5.85. The number of nitrogens with zero attached hydrogens (tertiary/aromatic N) is 5. The Balaban J connectivity index is 0.00000192. The summed E-state index contributed by atoms with van der Waals surface area (Å²) >= 11 is 0. The monoisotopic (exact) mass is 390 g/mol. The van der Waals surface area contributed by atoms with Gasteiger partial charge in [-0.3, -0.25) is 9.67 Å². The van der Waals surface area contributed by atoms with Crippen LogP contribution in [0.3, 0.4) is 0 Å². The molecule has 3 aromatic heterocycles. The van der Waals surface area contributed by atoms with E-state index in [1.807, 2.05) is 65.6 Å². The number of hydrogen-bond acceptors (Lipinski definition) is 5. The van der Waals surface area contributed by atoms with Crippen LogP contribution in [0.5, 0.6) is 0 Å². The Morgan fingerprint density at radius 3 is 2.68 bits per heavy atom. The average molecular weight is 391 g/mol. The molecule has 140 valence electrons. The predicted molar refractivity (Wildman–Crippen MR) is 110 cm³/mol. The van der Waals surface area contributed by atoms with Crippen molar-refractivity contribution < 1.29 is 0 Å². The summed E-state index contributed by atoms with van der Waals surface area (Å²) in [5, 5.41) is 8.14. The van der Waals surface area contributed by atoms with Gasteiger partial charge in [-0.2, -0.15) is 5.10 Å². The van der Waals surface area contributed by atoms with Gasteiger partial charge in [-0.1, -0.05) is 36.4 Å². The first-order chi connectivity index (χ1) is 13.4. The fourth-order valence-corrected chi connectivity index (χ4v) is 3.35. The van der Waals surface area contributed by atoms with Crippen LogP contribution >= 0.6 is 12.4 Å². The zero-order valence-electron chi connectivity index (χ0n) is 15.1.